The Kier molecular flexibility index (Phi) is 4.48. The molecule has 0 radical (unpaired) electrons. The number of rotatable bonds is 4. The predicted octanol–water partition coefficient (Wildman–Crippen LogP) is 4.10. The summed E-state index contributed by atoms with van der Waals surface area (Å²) in [4.78, 5) is 11.1. The van der Waals surface area contributed by atoms with E-state index in [1.165, 1.54) is 12.0 Å². The van der Waals surface area contributed by atoms with Crippen LogP contribution in [0, 0.1) is 18.8 Å². The molecule has 108 valence electrons. The molecule has 1 aliphatic rings. The van der Waals surface area contributed by atoms with E-state index in [2.05, 4.69) is 25.2 Å². The second-order valence-corrected chi connectivity index (χ2v) is 5.96. The number of carboxylic acid groups (broad SMARTS) is 1. The third-order valence-corrected chi connectivity index (χ3v) is 4.03. The number of aromatic carboxylic acids is 1. The van der Waals surface area contributed by atoms with Crippen LogP contribution in [-0.4, -0.2) is 17.6 Å². The maximum Gasteiger partial charge on any atom is 0.336 e. The Hall–Kier alpha value is -1.77. The summed E-state index contributed by atoms with van der Waals surface area (Å²) in [6.45, 7) is 7.21. The maximum atomic E-state index is 11.1. The zero-order valence-corrected chi connectivity index (χ0v) is 12.4. The Morgan fingerprint density at radius 2 is 2.15 bits per heavy atom. The fraction of sp³-hybridized carbons (Fsp3) is 0.471. The highest BCUT2D eigenvalue weighted by molar-refractivity contribution is 5.91. The zero-order chi connectivity index (χ0) is 14.7. The molecule has 0 bridgehead atoms. The Balaban J connectivity index is 2.03. The van der Waals surface area contributed by atoms with E-state index >= 15 is 0 Å². The monoisotopic (exact) mass is 273 g/mol. The zero-order valence-electron chi connectivity index (χ0n) is 12.4. The van der Waals surface area contributed by atoms with E-state index < -0.39 is 5.97 Å². The summed E-state index contributed by atoms with van der Waals surface area (Å²) >= 11 is 0. The molecule has 1 aromatic rings. The van der Waals surface area contributed by atoms with Gasteiger partial charge in [0, 0.05) is 12.2 Å². The van der Waals surface area contributed by atoms with Crippen LogP contribution in [0.5, 0.6) is 0 Å². The van der Waals surface area contributed by atoms with Gasteiger partial charge in [0.25, 0.3) is 0 Å². The lowest BCUT2D eigenvalue weighted by molar-refractivity contribution is 0.0696. The van der Waals surface area contributed by atoms with E-state index in [1.54, 1.807) is 12.1 Å². The molecule has 0 spiro atoms. The molecule has 0 saturated heterocycles. The lowest BCUT2D eigenvalue weighted by atomic mass is 9.83. The fourth-order valence-electron chi connectivity index (χ4n) is 3.15. The summed E-state index contributed by atoms with van der Waals surface area (Å²) in [5, 5.41) is 12.6. The van der Waals surface area contributed by atoms with Crippen molar-refractivity contribution < 1.29 is 9.90 Å². The first kappa shape index (κ1) is 14.6. The smallest absolute Gasteiger partial charge is 0.336 e. The first-order chi connectivity index (χ1) is 9.47. The molecule has 2 N–H and O–H groups in total. The topological polar surface area (TPSA) is 49.3 Å². The van der Waals surface area contributed by atoms with Crippen LogP contribution in [0.4, 0.5) is 5.69 Å². The largest absolute Gasteiger partial charge is 0.478 e. The molecule has 3 nitrogen and oxygen atoms in total. The minimum Gasteiger partial charge on any atom is -0.478 e. The van der Waals surface area contributed by atoms with E-state index in [9.17, 15) is 4.79 Å². The second kappa shape index (κ2) is 6.12. The van der Waals surface area contributed by atoms with Gasteiger partial charge < -0.3 is 10.4 Å². The Labute approximate surface area is 120 Å². The fourth-order valence-corrected chi connectivity index (χ4v) is 3.15. The SMILES string of the molecule is CC1=CC(C)CC(CNc2cccc(C(=O)O)c2C)C1. The second-order valence-electron chi connectivity index (χ2n) is 5.96. The number of carbonyl (C=O) groups is 1. The predicted molar refractivity (Wildman–Crippen MR) is 82.3 cm³/mol. The molecular formula is C17H23NO2. The normalized spacial score (nSPS) is 22.2. The van der Waals surface area contributed by atoms with Gasteiger partial charge in [-0.15, -0.1) is 0 Å². The lowest BCUT2D eigenvalue weighted by Gasteiger charge is -2.26. The molecule has 2 atom stereocenters. The Bertz CT molecular complexity index is 534. The molecule has 0 fully saturated rings. The van der Waals surface area contributed by atoms with Crippen molar-refractivity contribution in [2.45, 2.75) is 33.6 Å². The van der Waals surface area contributed by atoms with Gasteiger partial charge in [0.2, 0.25) is 0 Å². The van der Waals surface area contributed by atoms with Crippen molar-refractivity contribution in [1.29, 1.82) is 0 Å². The molecule has 2 rings (SSSR count). The third-order valence-electron chi connectivity index (χ3n) is 4.03. The van der Waals surface area contributed by atoms with E-state index in [4.69, 9.17) is 5.11 Å². The number of benzene rings is 1. The first-order valence-electron chi connectivity index (χ1n) is 7.21. The average molecular weight is 273 g/mol. The van der Waals surface area contributed by atoms with Crippen LogP contribution in [0.1, 0.15) is 42.6 Å². The summed E-state index contributed by atoms with van der Waals surface area (Å²) in [6, 6.07) is 5.41. The molecule has 0 aliphatic heterocycles. The summed E-state index contributed by atoms with van der Waals surface area (Å²) in [7, 11) is 0. The van der Waals surface area contributed by atoms with Gasteiger partial charge >= 0.3 is 5.97 Å². The van der Waals surface area contributed by atoms with Gasteiger partial charge in [-0.25, -0.2) is 4.79 Å². The Morgan fingerprint density at radius 1 is 1.40 bits per heavy atom. The van der Waals surface area contributed by atoms with E-state index in [0.717, 1.165) is 24.2 Å². The highest BCUT2D eigenvalue weighted by Gasteiger charge is 2.18. The van der Waals surface area contributed by atoms with E-state index in [0.29, 0.717) is 17.4 Å². The van der Waals surface area contributed by atoms with Crippen molar-refractivity contribution >= 4 is 11.7 Å². The number of hydrogen-bond donors (Lipinski definition) is 2. The van der Waals surface area contributed by atoms with Gasteiger partial charge in [-0.3, -0.25) is 0 Å². The number of hydrogen-bond acceptors (Lipinski definition) is 2. The van der Waals surface area contributed by atoms with Gasteiger partial charge in [0.1, 0.15) is 0 Å². The van der Waals surface area contributed by atoms with Crippen LogP contribution in [0.25, 0.3) is 0 Å². The number of anilines is 1. The van der Waals surface area contributed by atoms with Crippen LogP contribution < -0.4 is 5.32 Å². The van der Waals surface area contributed by atoms with Crippen molar-refractivity contribution in [3.8, 4) is 0 Å². The number of carboxylic acids is 1. The van der Waals surface area contributed by atoms with E-state index in [-0.39, 0.29) is 0 Å². The van der Waals surface area contributed by atoms with Crippen molar-refractivity contribution in [2.24, 2.45) is 11.8 Å². The van der Waals surface area contributed by atoms with Crippen LogP contribution in [0.3, 0.4) is 0 Å². The average Bonchev–Trinajstić information content (AvgIpc) is 2.36. The van der Waals surface area contributed by atoms with Crippen molar-refractivity contribution in [3.05, 3.63) is 41.0 Å². The van der Waals surface area contributed by atoms with Gasteiger partial charge in [-0.05, 0) is 56.2 Å². The molecule has 3 heteroatoms. The molecule has 20 heavy (non-hydrogen) atoms. The summed E-state index contributed by atoms with van der Waals surface area (Å²) in [6.07, 6.45) is 4.68. The van der Waals surface area contributed by atoms with Gasteiger partial charge in [-0.1, -0.05) is 24.6 Å². The molecule has 0 saturated carbocycles. The summed E-state index contributed by atoms with van der Waals surface area (Å²) in [5.41, 5.74) is 3.59. The highest BCUT2D eigenvalue weighted by Crippen LogP contribution is 2.28. The first-order valence-corrected chi connectivity index (χ1v) is 7.21. The van der Waals surface area contributed by atoms with Crippen LogP contribution in [-0.2, 0) is 0 Å². The van der Waals surface area contributed by atoms with Gasteiger partial charge in [0.15, 0.2) is 0 Å². The lowest BCUT2D eigenvalue weighted by Crippen LogP contribution is -2.20. The molecule has 0 aromatic heterocycles. The van der Waals surface area contributed by atoms with Crippen molar-refractivity contribution in [1.82, 2.24) is 0 Å². The molecule has 1 aliphatic carbocycles. The number of allylic oxidation sites excluding steroid dienone is 2. The van der Waals surface area contributed by atoms with E-state index in [1.807, 2.05) is 13.0 Å². The number of nitrogens with one attached hydrogen (secondary N) is 1. The van der Waals surface area contributed by atoms with Crippen LogP contribution >= 0.6 is 0 Å². The Morgan fingerprint density at radius 3 is 2.80 bits per heavy atom. The van der Waals surface area contributed by atoms with Gasteiger partial charge in [0.05, 0.1) is 5.56 Å². The van der Waals surface area contributed by atoms with Crippen molar-refractivity contribution in [2.75, 3.05) is 11.9 Å². The summed E-state index contributed by atoms with van der Waals surface area (Å²) in [5.74, 6) is 0.404. The van der Waals surface area contributed by atoms with Gasteiger partial charge in [-0.2, -0.15) is 0 Å². The molecule has 1 aromatic carbocycles. The minimum absolute atomic E-state index is 0.378. The maximum absolute atomic E-state index is 11.1. The minimum atomic E-state index is -0.865. The quantitative estimate of drug-likeness (QED) is 0.812. The standard InChI is InChI=1S/C17H23NO2/c1-11-7-12(2)9-14(8-11)10-18-16-6-4-5-15(13(16)3)17(19)20/h4-7,11,14,18H,8-10H2,1-3H3,(H,19,20). The van der Waals surface area contributed by atoms with Crippen molar-refractivity contribution in [3.63, 3.8) is 0 Å². The van der Waals surface area contributed by atoms with Crippen LogP contribution in [0.2, 0.25) is 0 Å². The highest BCUT2D eigenvalue weighted by atomic mass is 16.4. The molecule has 2 unspecified atom stereocenters. The molecule has 0 amide bonds. The molecular weight excluding hydrogens is 250 g/mol. The van der Waals surface area contributed by atoms with Crippen LogP contribution in [0.15, 0.2) is 29.8 Å². The summed E-state index contributed by atoms with van der Waals surface area (Å²) < 4.78 is 0. The third kappa shape index (κ3) is 3.41. The molecule has 0 heterocycles.